The van der Waals surface area contributed by atoms with Crippen LogP contribution in [0, 0.1) is 5.92 Å². The maximum atomic E-state index is 3.91. The van der Waals surface area contributed by atoms with Crippen LogP contribution in [0.4, 0.5) is 0 Å². The predicted molar refractivity (Wildman–Crippen MR) is 80.8 cm³/mol. The Balaban J connectivity index is 2.27. The summed E-state index contributed by atoms with van der Waals surface area (Å²) in [4.78, 5) is 0. The van der Waals surface area contributed by atoms with Crippen molar-refractivity contribution < 1.29 is 0 Å². The van der Waals surface area contributed by atoms with Crippen LogP contribution in [0.3, 0.4) is 0 Å². The Morgan fingerprint density at radius 2 is 1.94 bits per heavy atom. The minimum atomic E-state index is 0.750. The Morgan fingerprint density at radius 1 is 1.18 bits per heavy atom. The van der Waals surface area contributed by atoms with E-state index in [1.165, 1.54) is 44.3 Å². The number of rotatable bonds is 8. The van der Waals surface area contributed by atoms with Crippen molar-refractivity contribution in [3.8, 4) is 0 Å². The molecule has 1 rings (SSSR count). The van der Waals surface area contributed by atoms with Crippen LogP contribution in [-0.2, 0) is 0 Å². The Kier molecular flexibility index (Phi) is 7.61. The molecule has 1 N–H and O–H groups in total. The van der Waals surface area contributed by atoms with Crippen molar-refractivity contribution in [1.29, 1.82) is 0 Å². The molecule has 4 atom stereocenters. The minimum absolute atomic E-state index is 0.750. The van der Waals surface area contributed by atoms with Crippen molar-refractivity contribution in [2.45, 2.75) is 83.6 Å². The molecule has 0 aromatic rings. The zero-order chi connectivity index (χ0) is 12.7. The highest BCUT2D eigenvalue weighted by molar-refractivity contribution is 7.99. The normalized spacial score (nSPS) is 28.2. The van der Waals surface area contributed by atoms with Crippen LogP contribution < -0.4 is 5.32 Å². The predicted octanol–water partition coefficient (Wildman–Crippen LogP) is 4.47. The second-order valence-corrected chi connectivity index (χ2v) is 7.19. The first-order valence-corrected chi connectivity index (χ1v) is 8.62. The molecule has 0 aromatic carbocycles. The molecule has 0 amide bonds. The van der Waals surface area contributed by atoms with Crippen LogP contribution in [0.1, 0.15) is 66.2 Å². The van der Waals surface area contributed by atoms with Gasteiger partial charge in [0.05, 0.1) is 0 Å². The maximum Gasteiger partial charge on any atom is 0.00805 e. The highest BCUT2D eigenvalue weighted by Gasteiger charge is 2.26. The molecule has 0 spiro atoms. The SMILES string of the molecule is CCSC1CCC(NC(CC)CC(C)CC)C1. The summed E-state index contributed by atoms with van der Waals surface area (Å²) >= 11 is 2.16. The Hall–Kier alpha value is 0.310. The monoisotopic (exact) mass is 257 g/mol. The zero-order valence-corrected chi connectivity index (χ0v) is 13.0. The van der Waals surface area contributed by atoms with Crippen LogP contribution >= 0.6 is 11.8 Å². The van der Waals surface area contributed by atoms with E-state index in [1.807, 2.05) is 0 Å². The van der Waals surface area contributed by atoms with Crippen molar-refractivity contribution in [3.05, 3.63) is 0 Å². The molecule has 2 heteroatoms. The smallest absolute Gasteiger partial charge is 0.00805 e. The lowest BCUT2D eigenvalue weighted by atomic mass is 9.97. The Bertz CT molecular complexity index is 195. The van der Waals surface area contributed by atoms with E-state index in [4.69, 9.17) is 0 Å². The molecular weight excluding hydrogens is 226 g/mol. The first-order chi connectivity index (χ1) is 8.19. The summed E-state index contributed by atoms with van der Waals surface area (Å²) in [7, 11) is 0. The topological polar surface area (TPSA) is 12.0 Å². The molecule has 0 bridgehead atoms. The number of hydrogen-bond acceptors (Lipinski definition) is 2. The average Bonchev–Trinajstić information content (AvgIpc) is 2.76. The molecule has 0 radical (unpaired) electrons. The summed E-state index contributed by atoms with van der Waals surface area (Å²) in [6.07, 6.45) is 8.18. The first kappa shape index (κ1) is 15.4. The van der Waals surface area contributed by atoms with Crippen molar-refractivity contribution >= 4 is 11.8 Å². The van der Waals surface area contributed by atoms with Crippen LogP contribution in [-0.4, -0.2) is 23.1 Å². The van der Waals surface area contributed by atoms with Gasteiger partial charge in [-0.05, 0) is 43.8 Å². The summed E-state index contributed by atoms with van der Waals surface area (Å²) in [6.45, 7) is 9.30. The van der Waals surface area contributed by atoms with Gasteiger partial charge >= 0.3 is 0 Å². The molecule has 0 heterocycles. The molecule has 102 valence electrons. The molecule has 1 nitrogen and oxygen atoms in total. The second kappa shape index (κ2) is 8.42. The van der Waals surface area contributed by atoms with E-state index in [2.05, 4.69) is 44.8 Å². The first-order valence-electron chi connectivity index (χ1n) is 7.57. The molecule has 4 unspecified atom stereocenters. The van der Waals surface area contributed by atoms with Gasteiger partial charge in [-0.2, -0.15) is 11.8 Å². The van der Waals surface area contributed by atoms with E-state index in [1.54, 1.807) is 0 Å². The van der Waals surface area contributed by atoms with Gasteiger partial charge in [0.1, 0.15) is 0 Å². The van der Waals surface area contributed by atoms with Crippen molar-refractivity contribution in [3.63, 3.8) is 0 Å². The quantitative estimate of drug-likeness (QED) is 0.689. The van der Waals surface area contributed by atoms with E-state index in [0.29, 0.717) is 0 Å². The van der Waals surface area contributed by atoms with E-state index in [9.17, 15) is 0 Å². The summed E-state index contributed by atoms with van der Waals surface area (Å²) in [6, 6.07) is 1.55. The fourth-order valence-electron chi connectivity index (χ4n) is 2.82. The van der Waals surface area contributed by atoms with E-state index in [0.717, 1.165) is 23.3 Å². The molecule has 1 aliphatic carbocycles. The van der Waals surface area contributed by atoms with E-state index in [-0.39, 0.29) is 0 Å². The fraction of sp³-hybridized carbons (Fsp3) is 1.00. The van der Waals surface area contributed by atoms with Gasteiger partial charge in [-0.15, -0.1) is 0 Å². The summed E-state index contributed by atoms with van der Waals surface area (Å²) in [5, 5.41) is 4.84. The molecule has 1 aliphatic rings. The van der Waals surface area contributed by atoms with Crippen LogP contribution in [0.25, 0.3) is 0 Å². The Labute approximate surface area is 113 Å². The summed E-state index contributed by atoms with van der Waals surface area (Å²) in [5.74, 6) is 2.15. The lowest BCUT2D eigenvalue weighted by Crippen LogP contribution is -2.37. The van der Waals surface area contributed by atoms with Gasteiger partial charge < -0.3 is 5.32 Å². The fourth-order valence-corrected chi connectivity index (χ4v) is 3.96. The van der Waals surface area contributed by atoms with E-state index >= 15 is 0 Å². The largest absolute Gasteiger partial charge is 0.311 e. The highest BCUT2D eigenvalue weighted by atomic mass is 32.2. The third kappa shape index (κ3) is 5.65. The van der Waals surface area contributed by atoms with E-state index < -0.39 is 0 Å². The Morgan fingerprint density at radius 3 is 2.53 bits per heavy atom. The van der Waals surface area contributed by atoms with Gasteiger partial charge in [0.25, 0.3) is 0 Å². The molecule has 0 aliphatic heterocycles. The minimum Gasteiger partial charge on any atom is -0.311 e. The van der Waals surface area contributed by atoms with Crippen LogP contribution in [0.5, 0.6) is 0 Å². The molecule has 1 fully saturated rings. The molecular formula is C15H31NS. The lowest BCUT2D eigenvalue weighted by Gasteiger charge is -2.24. The van der Waals surface area contributed by atoms with Crippen LogP contribution in [0.2, 0.25) is 0 Å². The maximum absolute atomic E-state index is 3.91. The van der Waals surface area contributed by atoms with Crippen molar-refractivity contribution in [2.75, 3.05) is 5.75 Å². The van der Waals surface area contributed by atoms with Gasteiger partial charge in [-0.3, -0.25) is 0 Å². The van der Waals surface area contributed by atoms with Crippen molar-refractivity contribution in [1.82, 2.24) is 5.32 Å². The molecule has 17 heavy (non-hydrogen) atoms. The average molecular weight is 257 g/mol. The lowest BCUT2D eigenvalue weighted by molar-refractivity contribution is 0.349. The third-order valence-electron chi connectivity index (χ3n) is 4.13. The number of nitrogens with one attached hydrogen (secondary N) is 1. The summed E-state index contributed by atoms with van der Waals surface area (Å²) < 4.78 is 0. The van der Waals surface area contributed by atoms with Gasteiger partial charge in [0.2, 0.25) is 0 Å². The second-order valence-electron chi connectivity index (χ2n) is 5.61. The molecule has 0 aromatic heterocycles. The number of thioether (sulfide) groups is 1. The van der Waals surface area contributed by atoms with Crippen LogP contribution in [0.15, 0.2) is 0 Å². The molecule has 1 saturated carbocycles. The van der Waals surface area contributed by atoms with Gasteiger partial charge in [0.15, 0.2) is 0 Å². The third-order valence-corrected chi connectivity index (χ3v) is 5.37. The molecule has 0 saturated heterocycles. The summed E-state index contributed by atoms with van der Waals surface area (Å²) in [5.41, 5.74) is 0. The standard InChI is InChI=1S/C15H31NS/c1-5-12(4)10-13(6-2)16-14-8-9-15(11-14)17-7-3/h12-16H,5-11H2,1-4H3. The van der Waals surface area contributed by atoms with Crippen molar-refractivity contribution in [2.24, 2.45) is 5.92 Å². The highest BCUT2D eigenvalue weighted by Crippen LogP contribution is 2.30. The number of hydrogen-bond donors (Lipinski definition) is 1. The van der Waals surface area contributed by atoms with Gasteiger partial charge in [-0.1, -0.05) is 34.1 Å². The van der Waals surface area contributed by atoms with Gasteiger partial charge in [0, 0.05) is 17.3 Å². The van der Waals surface area contributed by atoms with Gasteiger partial charge in [-0.25, -0.2) is 0 Å². The zero-order valence-electron chi connectivity index (χ0n) is 12.2.